The van der Waals surface area contributed by atoms with Gasteiger partial charge in [0.1, 0.15) is 0 Å². The van der Waals surface area contributed by atoms with Gasteiger partial charge in [0.25, 0.3) is 0 Å². The van der Waals surface area contributed by atoms with Gasteiger partial charge in [0, 0.05) is 51.7 Å². The van der Waals surface area contributed by atoms with E-state index in [0.29, 0.717) is 0 Å². The molecule has 3 fully saturated rings. The fraction of sp³-hybridized carbons (Fsp3) is 0.733. The molecule has 3 atom stereocenters. The molecule has 0 aliphatic carbocycles. The van der Waals surface area contributed by atoms with Gasteiger partial charge < -0.3 is 14.5 Å². The summed E-state index contributed by atoms with van der Waals surface area (Å²) in [4.78, 5) is 13.8. The Balaban J connectivity index is 1.33. The van der Waals surface area contributed by atoms with Crippen molar-refractivity contribution in [2.45, 2.75) is 6.42 Å². The minimum atomic E-state index is 0.766. The zero-order chi connectivity index (χ0) is 13.4. The maximum Gasteiger partial charge on any atom is 0.225 e. The molecule has 3 saturated heterocycles. The lowest BCUT2D eigenvalue weighted by Gasteiger charge is -2.23. The highest BCUT2D eigenvalue weighted by Crippen LogP contribution is 2.33. The smallest absolute Gasteiger partial charge is 0.225 e. The van der Waals surface area contributed by atoms with E-state index in [1.807, 2.05) is 18.5 Å². The summed E-state index contributed by atoms with van der Waals surface area (Å²) < 4.78 is 5.48. The highest BCUT2D eigenvalue weighted by atomic mass is 16.5. The molecule has 3 aliphatic rings. The lowest BCUT2D eigenvalue weighted by Crippen LogP contribution is -2.32. The third-order valence-electron chi connectivity index (χ3n) is 4.94. The van der Waals surface area contributed by atoms with E-state index in [9.17, 15) is 0 Å². The van der Waals surface area contributed by atoms with Gasteiger partial charge in [-0.1, -0.05) is 0 Å². The Bertz CT molecular complexity index is 434. The van der Waals surface area contributed by atoms with Crippen LogP contribution in [0.25, 0.3) is 0 Å². The topological polar surface area (TPSA) is 41.5 Å². The third kappa shape index (κ3) is 2.40. The van der Waals surface area contributed by atoms with Crippen molar-refractivity contribution in [2.24, 2.45) is 17.8 Å². The van der Waals surface area contributed by atoms with Gasteiger partial charge in [0.15, 0.2) is 0 Å². The highest BCUT2D eigenvalue weighted by molar-refractivity contribution is 5.31. The fourth-order valence-corrected chi connectivity index (χ4v) is 3.95. The summed E-state index contributed by atoms with van der Waals surface area (Å²) in [5.74, 6) is 3.25. The molecule has 5 heteroatoms. The molecule has 1 aromatic heterocycles. The Morgan fingerprint density at radius 1 is 1.10 bits per heavy atom. The van der Waals surface area contributed by atoms with Gasteiger partial charge >= 0.3 is 0 Å². The minimum Gasteiger partial charge on any atom is -0.381 e. The van der Waals surface area contributed by atoms with Crippen LogP contribution in [0.3, 0.4) is 0 Å². The number of ether oxygens (including phenoxy) is 1. The Morgan fingerprint density at radius 2 is 1.85 bits per heavy atom. The Kier molecular flexibility index (Phi) is 3.32. The highest BCUT2D eigenvalue weighted by Gasteiger charge is 2.41. The quantitative estimate of drug-likeness (QED) is 0.818. The van der Waals surface area contributed by atoms with Crippen molar-refractivity contribution in [1.82, 2.24) is 14.9 Å². The van der Waals surface area contributed by atoms with Crippen LogP contribution in [0.4, 0.5) is 5.95 Å². The molecule has 4 heterocycles. The maximum atomic E-state index is 5.48. The zero-order valence-electron chi connectivity index (χ0n) is 11.8. The van der Waals surface area contributed by atoms with Gasteiger partial charge in [0.05, 0.1) is 6.61 Å². The molecule has 0 bridgehead atoms. The van der Waals surface area contributed by atoms with Crippen molar-refractivity contribution in [3.05, 3.63) is 18.5 Å². The second kappa shape index (κ2) is 5.30. The molecule has 0 aromatic carbocycles. The van der Waals surface area contributed by atoms with Crippen LogP contribution in [-0.4, -0.2) is 60.8 Å². The van der Waals surface area contributed by atoms with Crippen LogP contribution in [0.15, 0.2) is 18.5 Å². The summed E-state index contributed by atoms with van der Waals surface area (Å²) in [5, 5.41) is 0. The van der Waals surface area contributed by atoms with Crippen molar-refractivity contribution < 1.29 is 4.74 Å². The van der Waals surface area contributed by atoms with Crippen molar-refractivity contribution in [3.63, 3.8) is 0 Å². The van der Waals surface area contributed by atoms with E-state index < -0.39 is 0 Å². The predicted octanol–water partition coefficient (Wildman–Crippen LogP) is 0.881. The third-order valence-corrected chi connectivity index (χ3v) is 4.94. The van der Waals surface area contributed by atoms with Gasteiger partial charge in [-0.05, 0) is 30.2 Å². The predicted molar refractivity (Wildman–Crippen MR) is 76.6 cm³/mol. The molecule has 1 aromatic rings. The molecule has 5 nitrogen and oxygen atoms in total. The average Bonchev–Trinajstić information content (AvgIpc) is 3.16. The minimum absolute atomic E-state index is 0.766. The van der Waals surface area contributed by atoms with Crippen LogP contribution in [0.5, 0.6) is 0 Å². The van der Waals surface area contributed by atoms with Gasteiger partial charge in [-0.3, -0.25) is 0 Å². The van der Waals surface area contributed by atoms with E-state index in [0.717, 1.165) is 50.0 Å². The van der Waals surface area contributed by atoms with Crippen molar-refractivity contribution >= 4 is 5.95 Å². The number of hydrogen-bond acceptors (Lipinski definition) is 5. The van der Waals surface area contributed by atoms with E-state index in [1.165, 1.54) is 26.1 Å². The van der Waals surface area contributed by atoms with Crippen LogP contribution < -0.4 is 4.90 Å². The molecule has 0 saturated carbocycles. The molecule has 3 aliphatic heterocycles. The summed E-state index contributed by atoms with van der Waals surface area (Å²) in [7, 11) is 0. The van der Waals surface area contributed by atoms with Gasteiger partial charge in [0.2, 0.25) is 5.95 Å². The van der Waals surface area contributed by atoms with Crippen LogP contribution in [-0.2, 0) is 4.74 Å². The first kappa shape index (κ1) is 12.5. The van der Waals surface area contributed by atoms with Crippen LogP contribution >= 0.6 is 0 Å². The van der Waals surface area contributed by atoms with E-state index in [4.69, 9.17) is 4.74 Å². The van der Waals surface area contributed by atoms with Crippen LogP contribution in [0.1, 0.15) is 6.42 Å². The fourth-order valence-electron chi connectivity index (χ4n) is 3.95. The Hall–Kier alpha value is -1.20. The van der Waals surface area contributed by atoms with Crippen molar-refractivity contribution in [3.8, 4) is 0 Å². The molecule has 0 unspecified atom stereocenters. The number of nitrogens with zero attached hydrogens (tertiary/aromatic N) is 4. The average molecular weight is 274 g/mol. The molecule has 0 spiro atoms. The number of likely N-dealkylation sites (tertiary alicyclic amines) is 1. The molecule has 4 rings (SSSR count). The first-order valence-electron chi connectivity index (χ1n) is 7.70. The maximum absolute atomic E-state index is 5.48. The molecular weight excluding hydrogens is 252 g/mol. The summed E-state index contributed by atoms with van der Waals surface area (Å²) >= 11 is 0. The molecule has 0 radical (unpaired) electrons. The van der Waals surface area contributed by atoms with E-state index in [-0.39, 0.29) is 0 Å². The number of fused-ring (bicyclic) bond motifs is 1. The zero-order valence-corrected chi connectivity index (χ0v) is 11.8. The lowest BCUT2D eigenvalue weighted by molar-refractivity contribution is 0.172. The number of aromatic nitrogens is 2. The number of hydrogen-bond donors (Lipinski definition) is 0. The summed E-state index contributed by atoms with van der Waals surface area (Å²) in [6, 6.07) is 1.88. The normalized spacial score (nSPS) is 33.8. The molecule has 20 heavy (non-hydrogen) atoms. The SMILES string of the molecule is c1cnc(N2C[C@H]3CN(C[C@H]4CCOC4)C[C@H]3C2)nc1. The van der Waals surface area contributed by atoms with E-state index in [1.54, 1.807) is 0 Å². The number of anilines is 1. The first-order valence-corrected chi connectivity index (χ1v) is 7.70. The standard InChI is InChI=1S/C15H22N4O/c1-3-16-15(17-4-1)19-9-13-7-18(8-14(13)10-19)6-12-2-5-20-11-12/h1,3-4,12-14H,2,5-11H2/t12-,13-,14+/m1/s1. The summed E-state index contributed by atoms with van der Waals surface area (Å²) in [6.45, 7) is 7.88. The van der Waals surface area contributed by atoms with Crippen molar-refractivity contribution in [2.75, 3.05) is 50.8 Å². The van der Waals surface area contributed by atoms with Gasteiger partial charge in [-0.25, -0.2) is 9.97 Å². The first-order chi connectivity index (χ1) is 9.88. The summed E-state index contributed by atoms with van der Waals surface area (Å²) in [6.07, 6.45) is 4.92. The second-order valence-corrected chi connectivity index (χ2v) is 6.42. The second-order valence-electron chi connectivity index (χ2n) is 6.42. The molecule has 0 amide bonds. The largest absolute Gasteiger partial charge is 0.381 e. The monoisotopic (exact) mass is 274 g/mol. The van der Waals surface area contributed by atoms with Crippen LogP contribution in [0.2, 0.25) is 0 Å². The molecule has 0 N–H and O–H groups in total. The Labute approximate surface area is 120 Å². The molecule has 108 valence electrons. The van der Waals surface area contributed by atoms with Gasteiger partial charge in [-0.15, -0.1) is 0 Å². The van der Waals surface area contributed by atoms with Crippen LogP contribution in [0, 0.1) is 17.8 Å². The van der Waals surface area contributed by atoms with Crippen molar-refractivity contribution in [1.29, 1.82) is 0 Å². The lowest BCUT2D eigenvalue weighted by atomic mass is 10.0. The summed E-state index contributed by atoms with van der Waals surface area (Å²) in [5.41, 5.74) is 0. The number of rotatable bonds is 3. The van der Waals surface area contributed by atoms with Gasteiger partial charge in [-0.2, -0.15) is 0 Å². The Morgan fingerprint density at radius 3 is 2.50 bits per heavy atom. The van der Waals surface area contributed by atoms with E-state index >= 15 is 0 Å². The molecular formula is C15H22N4O. The van der Waals surface area contributed by atoms with E-state index in [2.05, 4.69) is 19.8 Å².